The van der Waals surface area contributed by atoms with Gasteiger partial charge in [-0.3, -0.25) is 14.2 Å². The summed E-state index contributed by atoms with van der Waals surface area (Å²) in [5, 5.41) is 4.96. The molecule has 8 heteroatoms. The molecule has 0 fully saturated rings. The zero-order chi connectivity index (χ0) is 20.5. The van der Waals surface area contributed by atoms with E-state index in [1.165, 1.54) is 15.9 Å². The van der Waals surface area contributed by atoms with Gasteiger partial charge in [-0.1, -0.05) is 35.9 Å². The van der Waals surface area contributed by atoms with Gasteiger partial charge in [0.05, 0.1) is 11.2 Å². The number of hydrogen-bond acceptors (Lipinski definition) is 4. The van der Waals surface area contributed by atoms with Crippen LogP contribution in [-0.2, 0) is 11.3 Å². The van der Waals surface area contributed by atoms with Crippen LogP contribution in [0.4, 0.5) is 5.69 Å². The number of nitrogens with zero attached hydrogens (tertiary/aromatic N) is 2. The van der Waals surface area contributed by atoms with Gasteiger partial charge in [-0.25, -0.2) is 9.36 Å². The van der Waals surface area contributed by atoms with E-state index in [1.807, 2.05) is 19.1 Å². The number of aryl methyl sites for hydroxylation is 1. The minimum Gasteiger partial charge on any atom is -0.324 e. The molecule has 29 heavy (non-hydrogen) atoms. The maximum absolute atomic E-state index is 13.2. The summed E-state index contributed by atoms with van der Waals surface area (Å²) < 4.78 is 2.86. The maximum atomic E-state index is 13.2. The Labute approximate surface area is 174 Å². The third kappa shape index (κ3) is 3.62. The van der Waals surface area contributed by atoms with E-state index in [0.717, 1.165) is 10.1 Å². The van der Waals surface area contributed by atoms with Crippen molar-refractivity contribution >= 4 is 44.7 Å². The molecule has 4 aromatic rings. The normalized spacial score (nSPS) is 11.0. The number of benzene rings is 2. The van der Waals surface area contributed by atoms with E-state index in [0.29, 0.717) is 26.6 Å². The quantitative estimate of drug-likeness (QED) is 0.540. The van der Waals surface area contributed by atoms with Gasteiger partial charge in [0.1, 0.15) is 11.2 Å². The molecular weight excluding hydrogens is 410 g/mol. The van der Waals surface area contributed by atoms with Gasteiger partial charge in [-0.2, -0.15) is 0 Å². The molecule has 0 spiro atoms. The van der Waals surface area contributed by atoms with E-state index in [1.54, 1.807) is 47.8 Å². The van der Waals surface area contributed by atoms with Crippen molar-refractivity contribution in [3.05, 3.63) is 91.4 Å². The van der Waals surface area contributed by atoms with Gasteiger partial charge < -0.3 is 5.32 Å². The summed E-state index contributed by atoms with van der Waals surface area (Å²) in [5.41, 5.74) is 1.32. The number of carbonyl (C=O) groups excluding carboxylic acids is 1. The fourth-order valence-electron chi connectivity index (χ4n) is 3.18. The molecule has 146 valence electrons. The molecule has 2 aromatic heterocycles. The summed E-state index contributed by atoms with van der Waals surface area (Å²) in [6, 6.07) is 15.6. The number of rotatable bonds is 4. The number of anilines is 1. The monoisotopic (exact) mass is 425 g/mol. The predicted molar refractivity (Wildman–Crippen MR) is 117 cm³/mol. The summed E-state index contributed by atoms with van der Waals surface area (Å²) in [6.07, 6.45) is 0. The molecule has 6 nitrogen and oxygen atoms in total. The molecule has 0 radical (unpaired) electrons. The molecule has 1 N–H and O–H groups in total. The molecule has 1 amide bonds. The Morgan fingerprint density at radius 2 is 1.90 bits per heavy atom. The topological polar surface area (TPSA) is 73.1 Å². The molecule has 0 aliphatic heterocycles. The number of thiophene rings is 1. The molecule has 2 aromatic carbocycles. The minimum absolute atomic E-state index is 0.231. The van der Waals surface area contributed by atoms with Crippen molar-refractivity contribution in [1.29, 1.82) is 0 Å². The molecule has 0 atom stereocenters. The second-order valence-corrected chi connectivity index (χ2v) is 7.84. The lowest BCUT2D eigenvalue weighted by Crippen LogP contribution is -2.40. The Hall–Kier alpha value is -3.16. The average molecular weight is 426 g/mol. The summed E-state index contributed by atoms with van der Waals surface area (Å²) in [6.45, 7) is 1.60. The molecule has 4 rings (SSSR count). The summed E-state index contributed by atoms with van der Waals surface area (Å²) in [4.78, 5) is 38.8. The van der Waals surface area contributed by atoms with E-state index in [2.05, 4.69) is 5.32 Å². The van der Waals surface area contributed by atoms with Crippen LogP contribution in [0, 0.1) is 6.92 Å². The number of fused-ring (bicyclic) bond motifs is 1. The van der Waals surface area contributed by atoms with Crippen LogP contribution in [0.1, 0.15) is 5.56 Å². The van der Waals surface area contributed by atoms with Crippen LogP contribution < -0.4 is 16.6 Å². The molecule has 0 aliphatic carbocycles. The summed E-state index contributed by atoms with van der Waals surface area (Å²) in [5.74, 6) is -0.392. The van der Waals surface area contributed by atoms with E-state index in [4.69, 9.17) is 11.6 Å². The largest absolute Gasteiger partial charge is 0.336 e. The number of aromatic nitrogens is 2. The Kier molecular flexibility index (Phi) is 5.08. The van der Waals surface area contributed by atoms with Crippen LogP contribution in [-0.4, -0.2) is 15.0 Å². The highest BCUT2D eigenvalue weighted by atomic mass is 35.5. The Morgan fingerprint density at radius 1 is 1.10 bits per heavy atom. The predicted octanol–water partition coefficient (Wildman–Crippen LogP) is 3.81. The van der Waals surface area contributed by atoms with Gasteiger partial charge in [0, 0.05) is 10.7 Å². The van der Waals surface area contributed by atoms with E-state index < -0.39 is 11.6 Å². The first kappa shape index (κ1) is 19.2. The van der Waals surface area contributed by atoms with Gasteiger partial charge in [-0.05, 0) is 48.2 Å². The van der Waals surface area contributed by atoms with Crippen molar-refractivity contribution in [2.24, 2.45) is 0 Å². The molecule has 2 heterocycles. The molecule has 0 aliphatic rings. The van der Waals surface area contributed by atoms with Crippen molar-refractivity contribution in [2.75, 3.05) is 5.32 Å². The van der Waals surface area contributed by atoms with Gasteiger partial charge in [0.25, 0.3) is 5.56 Å². The smallest absolute Gasteiger partial charge is 0.324 e. The van der Waals surface area contributed by atoms with Crippen molar-refractivity contribution in [3.8, 4) is 5.69 Å². The van der Waals surface area contributed by atoms with Gasteiger partial charge >= 0.3 is 5.69 Å². The highest BCUT2D eigenvalue weighted by Crippen LogP contribution is 2.18. The Bertz CT molecular complexity index is 1350. The molecule has 0 unspecified atom stereocenters. The molecular formula is C21H16ClN3O3S. The molecule has 0 saturated carbocycles. The van der Waals surface area contributed by atoms with Crippen LogP contribution in [0.25, 0.3) is 15.9 Å². The van der Waals surface area contributed by atoms with Crippen LogP contribution in [0.3, 0.4) is 0 Å². The highest BCUT2D eigenvalue weighted by molar-refractivity contribution is 7.17. The zero-order valence-corrected chi connectivity index (χ0v) is 17.0. The third-order valence-corrected chi connectivity index (χ3v) is 5.65. The van der Waals surface area contributed by atoms with E-state index >= 15 is 0 Å². The Balaban J connectivity index is 1.81. The first-order chi connectivity index (χ1) is 14.0. The maximum Gasteiger partial charge on any atom is 0.336 e. The van der Waals surface area contributed by atoms with Crippen LogP contribution in [0.5, 0.6) is 0 Å². The number of para-hydroxylation sites is 1. The molecule has 0 bridgehead atoms. The van der Waals surface area contributed by atoms with Gasteiger partial charge in [0.2, 0.25) is 5.91 Å². The Morgan fingerprint density at radius 3 is 2.66 bits per heavy atom. The lowest BCUT2D eigenvalue weighted by atomic mass is 10.2. The second-order valence-electron chi connectivity index (χ2n) is 6.49. The fourth-order valence-corrected chi connectivity index (χ4v) is 4.19. The van der Waals surface area contributed by atoms with Crippen LogP contribution in [0.2, 0.25) is 5.02 Å². The first-order valence-corrected chi connectivity index (χ1v) is 10.1. The fraction of sp³-hybridized carbons (Fsp3) is 0.0952. The lowest BCUT2D eigenvalue weighted by molar-refractivity contribution is -0.116. The van der Waals surface area contributed by atoms with E-state index in [-0.39, 0.29) is 12.1 Å². The lowest BCUT2D eigenvalue weighted by Gasteiger charge is -2.14. The minimum atomic E-state index is -0.559. The SMILES string of the molecule is Cc1ccccc1-n1c(=O)c2sccc2n(CC(=O)Nc2cccc(Cl)c2)c1=O. The first-order valence-electron chi connectivity index (χ1n) is 8.80. The number of nitrogens with one attached hydrogen (secondary N) is 1. The van der Waals surface area contributed by atoms with Crippen molar-refractivity contribution < 1.29 is 4.79 Å². The van der Waals surface area contributed by atoms with Crippen LogP contribution in [0.15, 0.2) is 69.6 Å². The summed E-state index contributed by atoms with van der Waals surface area (Å²) in [7, 11) is 0. The highest BCUT2D eigenvalue weighted by Gasteiger charge is 2.18. The third-order valence-electron chi connectivity index (χ3n) is 4.52. The van der Waals surface area contributed by atoms with Crippen molar-refractivity contribution in [2.45, 2.75) is 13.5 Å². The number of amides is 1. The number of hydrogen-bond donors (Lipinski definition) is 1. The van der Waals surface area contributed by atoms with Gasteiger partial charge in [-0.15, -0.1) is 11.3 Å². The van der Waals surface area contributed by atoms with Crippen molar-refractivity contribution in [1.82, 2.24) is 9.13 Å². The van der Waals surface area contributed by atoms with Crippen molar-refractivity contribution in [3.63, 3.8) is 0 Å². The summed E-state index contributed by atoms with van der Waals surface area (Å²) >= 11 is 7.20. The number of carbonyl (C=O) groups is 1. The van der Waals surface area contributed by atoms with Crippen LogP contribution >= 0.6 is 22.9 Å². The standard InChI is InChI=1S/C21H16ClN3O3S/c1-13-5-2-3-8-16(13)25-20(27)19-17(9-10-29-19)24(21(25)28)12-18(26)23-15-7-4-6-14(22)11-15/h2-11H,12H2,1H3,(H,23,26). The average Bonchev–Trinajstić information content (AvgIpc) is 3.17. The van der Waals surface area contributed by atoms with Gasteiger partial charge in [0.15, 0.2) is 0 Å². The number of halogens is 1. The molecule has 0 saturated heterocycles. The zero-order valence-electron chi connectivity index (χ0n) is 15.4. The van der Waals surface area contributed by atoms with E-state index in [9.17, 15) is 14.4 Å². The second kappa shape index (κ2) is 7.69.